The highest BCUT2D eigenvalue weighted by Gasteiger charge is 2.20. The molecule has 0 spiro atoms. The smallest absolute Gasteiger partial charge is 0.265 e. The standard InChI is InChI=1S/C17H14N2O3S/c20-23(21,19-14-7-6-12-18-13-14)17-11-5-4-10-16(17)22-15-8-2-1-3-9-15/h1-13,19H. The number of hydrogen-bond acceptors (Lipinski definition) is 4. The molecule has 0 aliphatic rings. The maximum Gasteiger partial charge on any atom is 0.265 e. The number of hydrogen-bond donors (Lipinski definition) is 1. The van der Waals surface area contributed by atoms with Crippen molar-refractivity contribution in [1.29, 1.82) is 0 Å². The average Bonchev–Trinajstić information content (AvgIpc) is 2.57. The molecule has 0 unspecified atom stereocenters. The second kappa shape index (κ2) is 6.50. The second-order valence-corrected chi connectivity index (χ2v) is 6.36. The summed E-state index contributed by atoms with van der Waals surface area (Å²) in [6, 6.07) is 18.8. The van der Waals surface area contributed by atoms with Crippen molar-refractivity contribution in [1.82, 2.24) is 4.98 Å². The van der Waals surface area contributed by atoms with Gasteiger partial charge in [-0.15, -0.1) is 0 Å². The molecule has 1 N–H and O–H groups in total. The third kappa shape index (κ3) is 3.67. The number of sulfonamides is 1. The molecule has 1 aromatic heterocycles. The summed E-state index contributed by atoms with van der Waals surface area (Å²) in [7, 11) is -3.78. The van der Waals surface area contributed by atoms with Gasteiger partial charge in [-0.05, 0) is 36.4 Å². The fourth-order valence-corrected chi connectivity index (χ4v) is 3.18. The van der Waals surface area contributed by atoms with Crippen molar-refractivity contribution in [2.45, 2.75) is 4.90 Å². The molecular formula is C17H14N2O3S. The van der Waals surface area contributed by atoms with Gasteiger partial charge in [0.1, 0.15) is 16.4 Å². The number of nitrogens with zero attached hydrogens (tertiary/aromatic N) is 1. The summed E-state index contributed by atoms with van der Waals surface area (Å²) in [4.78, 5) is 3.96. The van der Waals surface area contributed by atoms with Crippen molar-refractivity contribution in [2.24, 2.45) is 0 Å². The maximum atomic E-state index is 12.6. The topological polar surface area (TPSA) is 68.3 Å². The second-order valence-electron chi connectivity index (χ2n) is 4.71. The molecule has 0 atom stereocenters. The van der Waals surface area contributed by atoms with Crippen LogP contribution in [-0.2, 0) is 10.0 Å². The minimum atomic E-state index is -3.78. The summed E-state index contributed by atoms with van der Waals surface area (Å²) in [5, 5.41) is 0. The van der Waals surface area contributed by atoms with E-state index in [1.807, 2.05) is 18.2 Å². The molecule has 1 heterocycles. The average molecular weight is 326 g/mol. The Balaban J connectivity index is 1.93. The molecule has 0 aliphatic carbocycles. The molecule has 0 fully saturated rings. The predicted octanol–water partition coefficient (Wildman–Crippen LogP) is 3.67. The largest absolute Gasteiger partial charge is 0.456 e. The Bertz CT molecular complexity index is 882. The molecule has 23 heavy (non-hydrogen) atoms. The molecule has 3 aromatic rings. The van der Waals surface area contributed by atoms with Crippen molar-refractivity contribution in [3.63, 3.8) is 0 Å². The molecule has 3 rings (SSSR count). The first-order valence-electron chi connectivity index (χ1n) is 6.90. The Kier molecular flexibility index (Phi) is 4.25. The van der Waals surface area contributed by atoms with Crippen LogP contribution in [0.25, 0.3) is 0 Å². The predicted molar refractivity (Wildman–Crippen MR) is 88.0 cm³/mol. The Hall–Kier alpha value is -2.86. The molecule has 0 saturated heterocycles. The van der Waals surface area contributed by atoms with Crippen LogP contribution in [-0.4, -0.2) is 13.4 Å². The number of ether oxygens (including phenoxy) is 1. The SMILES string of the molecule is O=S(=O)(Nc1cccnc1)c1ccccc1Oc1ccccc1. The van der Waals surface area contributed by atoms with E-state index >= 15 is 0 Å². The summed E-state index contributed by atoms with van der Waals surface area (Å²) in [5.74, 6) is 0.826. The van der Waals surface area contributed by atoms with Gasteiger partial charge in [-0.25, -0.2) is 8.42 Å². The Morgan fingerprint density at radius 3 is 2.35 bits per heavy atom. The zero-order valence-electron chi connectivity index (χ0n) is 12.1. The number of rotatable bonds is 5. The van der Waals surface area contributed by atoms with Gasteiger partial charge >= 0.3 is 0 Å². The van der Waals surface area contributed by atoms with Gasteiger partial charge < -0.3 is 4.74 Å². The molecular weight excluding hydrogens is 312 g/mol. The van der Waals surface area contributed by atoms with Crippen molar-refractivity contribution in [3.05, 3.63) is 79.1 Å². The Morgan fingerprint density at radius 1 is 0.870 bits per heavy atom. The van der Waals surface area contributed by atoms with Crippen LogP contribution in [0.15, 0.2) is 84.0 Å². The lowest BCUT2D eigenvalue weighted by atomic mass is 10.3. The Morgan fingerprint density at radius 2 is 1.61 bits per heavy atom. The van der Waals surface area contributed by atoms with E-state index in [9.17, 15) is 8.42 Å². The summed E-state index contributed by atoms with van der Waals surface area (Å²) >= 11 is 0. The normalized spacial score (nSPS) is 11.0. The van der Waals surface area contributed by atoms with Gasteiger partial charge in [0.15, 0.2) is 0 Å². The van der Waals surface area contributed by atoms with Crippen LogP contribution in [0.3, 0.4) is 0 Å². The Labute approximate surface area is 134 Å². The maximum absolute atomic E-state index is 12.6. The quantitative estimate of drug-likeness (QED) is 0.776. The third-order valence-electron chi connectivity index (χ3n) is 3.02. The fraction of sp³-hybridized carbons (Fsp3) is 0. The molecule has 0 aliphatic heterocycles. The van der Waals surface area contributed by atoms with Crippen LogP contribution >= 0.6 is 0 Å². The van der Waals surface area contributed by atoms with Crippen molar-refractivity contribution in [3.8, 4) is 11.5 Å². The minimum Gasteiger partial charge on any atom is -0.456 e. The third-order valence-corrected chi connectivity index (χ3v) is 4.44. The highest BCUT2D eigenvalue weighted by atomic mass is 32.2. The van der Waals surface area contributed by atoms with Gasteiger partial charge in [-0.3, -0.25) is 9.71 Å². The van der Waals surface area contributed by atoms with Crippen molar-refractivity contribution < 1.29 is 13.2 Å². The zero-order valence-corrected chi connectivity index (χ0v) is 12.9. The van der Waals surface area contributed by atoms with Gasteiger partial charge in [0, 0.05) is 6.20 Å². The van der Waals surface area contributed by atoms with E-state index in [4.69, 9.17) is 4.74 Å². The highest BCUT2D eigenvalue weighted by Crippen LogP contribution is 2.29. The van der Waals surface area contributed by atoms with E-state index < -0.39 is 10.0 Å². The van der Waals surface area contributed by atoms with Crippen LogP contribution in [0.2, 0.25) is 0 Å². The number of anilines is 1. The van der Waals surface area contributed by atoms with Gasteiger partial charge in [0.2, 0.25) is 0 Å². The van der Waals surface area contributed by atoms with Crippen LogP contribution in [0.4, 0.5) is 5.69 Å². The number of benzene rings is 2. The van der Waals surface area contributed by atoms with Crippen LogP contribution in [0.1, 0.15) is 0 Å². The molecule has 0 radical (unpaired) electrons. The lowest BCUT2D eigenvalue weighted by molar-refractivity contribution is 0.468. The lowest BCUT2D eigenvalue weighted by Crippen LogP contribution is -2.14. The van der Waals surface area contributed by atoms with E-state index in [0.717, 1.165) is 0 Å². The molecule has 0 bridgehead atoms. The molecule has 2 aromatic carbocycles. The number of para-hydroxylation sites is 2. The van der Waals surface area contributed by atoms with Gasteiger partial charge in [0.25, 0.3) is 10.0 Å². The van der Waals surface area contributed by atoms with Crippen molar-refractivity contribution >= 4 is 15.7 Å². The number of aromatic nitrogens is 1. The van der Waals surface area contributed by atoms with Gasteiger partial charge in [-0.1, -0.05) is 30.3 Å². The first-order chi connectivity index (χ1) is 11.1. The van der Waals surface area contributed by atoms with Gasteiger partial charge in [-0.2, -0.15) is 0 Å². The van der Waals surface area contributed by atoms with Gasteiger partial charge in [0.05, 0.1) is 11.9 Å². The fourth-order valence-electron chi connectivity index (χ4n) is 2.01. The zero-order chi connectivity index (χ0) is 16.1. The molecule has 116 valence electrons. The minimum absolute atomic E-state index is 0.0627. The molecule has 0 saturated carbocycles. The highest BCUT2D eigenvalue weighted by molar-refractivity contribution is 7.92. The van der Waals surface area contributed by atoms with Crippen LogP contribution in [0.5, 0.6) is 11.5 Å². The number of pyridine rings is 1. The van der Waals surface area contributed by atoms with E-state index in [1.54, 1.807) is 48.7 Å². The van der Waals surface area contributed by atoms with Crippen LogP contribution < -0.4 is 9.46 Å². The monoisotopic (exact) mass is 326 g/mol. The lowest BCUT2D eigenvalue weighted by Gasteiger charge is -2.12. The van der Waals surface area contributed by atoms with E-state index in [1.165, 1.54) is 12.3 Å². The first-order valence-corrected chi connectivity index (χ1v) is 8.38. The summed E-state index contributed by atoms with van der Waals surface area (Å²) in [5.41, 5.74) is 0.391. The van der Waals surface area contributed by atoms with Crippen molar-refractivity contribution in [2.75, 3.05) is 4.72 Å². The van der Waals surface area contributed by atoms with E-state index in [2.05, 4.69) is 9.71 Å². The summed E-state index contributed by atoms with van der Waals surface area (Å²) < 4.78 is 33.4. The molecule has 0 amide bonds. The summed E-state index contributed by atoms with van der Waals surface area (Å²) in [6.45, 7) is 0. The molecule has 6 heteroatoms. The van der Waals surface area contributed by atoms with E-state index in [-0.39, 0.29) is 10.6 Å². The summed E-state index contributed by atoms with van der Waals surface area (Å²) in [6.07, 6.45) is 3.02. The van der Waals surface area contributed by atoms with E-state index in [0.29, 0.717) is 11.4 Å². The number of nitrogens with one attached hydrogen (secondary N) is 1. The van der Waals surface area contributed by atoms with Crippen LogP contribution in [0, 0.1) is 0 Å². The molecule has 5 nitrogen and oxygen atoms in total. The first kappa shape index (κ1) is 15.1.